The molecule has 2 nitrogen and oxygen atoms in total. The van der Waals surface area contributed by atoms with Crippen molar-refractivity contribution in [3.8, 4) is 0 Å². The smallest absolute Gasteiger partial charge is 1.00 e. The first-order chi connectivity index (χ1) is 3.89. The van der Waals surface area contributed by atoms with Crippen molar-refractivity contribution < 1.29 is 40.5 Å². The molecule has 48 valence electrons. The molecule has 0 spiro atoms. The van der Waals surface area contributed by atoms with Gasteiger partial charge in [-0.1, -0.05) is 0 Å². The number of carbonyl (C=O) groups excluding carboxylic acids is 1. The summed E-state index contributed by atoms with van der Waals surface area (Å²) in [6, 6.07) is 0. The molecule has 1 rings (SSSR count). The molecule has 0 atom stereocenters. The molecule has 0 radical (unpaired) electrons. The predicted molar refractivity (Wildman–Crippen MR) is 30.5 cm³/mol. The van der Waals surface area contributed by atoms with Crippen LogP contribution in [0.15, 0.2) is 0 Å². The van der Waals surface area contributed by atoms with Crippen LogP contribution in [0.5, 0.6) is 0 Å². The number of hydrogen-bond donors (Lipinski definition) is 0. The average Bonchev–Trinajstić information content (AvgIpc) is 1.94. The third-order valence-electron chi connectivity index (χ3n) is 1.29. The fraction of sp³-hybridized carbons (Fsp3) is 0.833. The minimum absolute atomic E-state index is 0. The molecular weight excluding hydrogens is 127 g/mol. The maximum atomic E-state index is 10.5. The van der Waals surface area contributed by atoms with Crippen molar-refractivity contribution in [2.45, 2.75) is 25.7 Å². The third kappa shape index (κ3) is 3.95. The fourth-order valence-corrected chi connectivity index (χ4v) is 0.806. The molecule has 0 amide bonds. The van der Waals surface area contributed by atoms with Gasteiger partial charge in [-0.3, -0.25) is 4.79 Å². The van der Waals surface area contributed by atoms with Crippen molar-refractivity contribution in [2.24, 2.45) is 0 Å². The zero-order chi connectivity index (χ0) is 5.82. The van der Waals surface area contributed by atoms with E-state index in [2.05, 4.69) is 0 Å². The SMILES string of the molecule is O=C1CCCCCO1.[H-].[Na+]. The Morgan fingerprint density at radius 2 is 2.11 bits per heavy atom. The molecular formula is C6H11NaO2. The van der Waals surface area contributed by atoms with E-state index in [4.69, 9.17) is 4.74 Å². The number of cyclic esters (lactones) is 1. The summed E-state index contributed by atoms with van der Waals surface area (Å²) in [7, 11) is 0. The fourth-order valence-electron chi connectivity index (χ4n) is 0.806. The molecule has 0 saturated carbocycles. The van der Waals surface area contributed by atoms with Crippen LogP contribution < -0.4 is 29.6 Å². The van der Waals surface area contributed by atoms with Gasteiger partial charge in [0, 0.05) is 6.42 Å². The summed E-state index contributed by atoms with van der Waals surface area (Å²) in [5, 5.41) is 0. The monoisotopic (exact) mass is 138 g/mol. The van der Waals surface area contributed by atoms with Crippen LogP contribution in [0.1, 0.15) is 27.1 Å². The van der Waals surface area contributed by atoms with E-state index in [0.29, 0.717) is 13.0 Å². The predicted octanol–water partition coefficient (Wildman–Crippen LogP) is -1.78. The first-order valence-corrected chi connectivity index (χ1v) is 3.05. The second kappa shape index (κ2) is 5.27. The number of rotatable bonds is 0. The first-order valence-electron chi connectivity index (χ1n) is 3.05. The van der Waals surface area contributed by atoms with E-state index in [1.807, 2.05) is 0 Å². The second-order valence-electron chi connectivity index (χ2n) is 2.03. The van der Waals surface area contributed by atoms with E-state index in [-0.39, 0.29) is 37.0 Å². The molecule has 0 aliphatic carbocycles. The van der Waals surface area contributed by atoms with Gasteiger partial charge in [-0.2, -0.15) is 0 Å². The molecule has 9 heavy (non-hydrogen) atoms. The largest absolute Gasteiger partial charge is 1.00 e. The van der Waals surface area contributed by atoms with Gasteiger partial charge in [0.15, 0.2) is 0 Å². The van der Waals surface area contributed by atoms with Gasteiger partial charge in [0.1, 0.15) is 0 Å². The van der Waals surface area contributed by atoms with Crippen molar-refractivity contribution in [2.75, 3.05) is 6.61 Å². The number of carbonyl (C=O) groups is 1. The van der Waals surface area contributed by atoms with Crippen LogP contribution in [-0.2, 0) is 9.53 Å². The second-order valence-corrected chi connectivity index (χ2v) is 2.03. The van der Waals surface area contributed by atoms with Crippen molar-refractivity contribution in [3.05, 3.63) is 0 Å². The minimum atomic E-state index is -0.0255. The van der Waals surface area contributed by atoms with Crippen LogP contribution in [0, 0.1) is 0 Å². The summed E-state index contributed by atoms with van der Waals surface area (Å²) in [4.78, 5) is 10.5. The van der Waals surface area contributed by atoms with Gasteiger partial charge in [-0.05, 0) is 19.3 Å². The van der Waals surface area contributed by atoms with Crippen LogP contribution in [0.3, 0.4) is 0 Å². The molecule has 1 heterocycles. The molecule has 3 heteroatoms. The van der Waals surface area contributed by atoms with Gasteiger partial charge in [-0.15, -0.1) is 0 Å². The molecule has 1 fully saturated rings. The zero-order valence-corrected chi connectivity index (χ0v) is 7.85. The van der Waals surface area contributed by atoms with E-state index < -0.39 is 0 Å². The Morgan fingerprint density at radius 3 is 2.89 bits per heavy atom. The number of esters is 1. The maximum absolute atomic E-state index is 10.5. The molecule has 0 aromatic rings. The Hall–Kier alpha value is 0.470. The van der Waals surface area contributed by atoms with Crippen molar-refractivity contribution in [1.82, 2.24) is 0 Å². The molecule has 0 N–H and O–H groups in total. The molecule has 1 aliphatic rings. The van der Waals surface area contributed by atoms with Gasteiger partial charge >= 0.3 is 35.5 Å². The van der Waals surface area contributed by atoms with Gasteiger partial charge < -0.3 is 6.16 Å². The van der Waals surface area contributed by atoms with Gasteiger partial charge in [0.25, 0.3) is 0 Å². The van der Waals surface area contributed by atoms with Crippen molar-refractivity contribution >= 4 is 5.97 Å². The molecule has 1 aliphatic heterocycles. The third-order valence-corrected chi connectivity index (χ3v) is 1.29. The Morgan fingerprint density at radius 1 is 1.33 bits per heavy atom. The standard InChI is InChI=1S/C6H10O2.Na.H/c7-6-4-2-1-3-5-8-6;;/h1-5H2;;/q;+1;-1. The number of ether oxygens (including phenoxy) is 1. The molecule has 1 saturated heterocycles. The Labute approximate surface area is 78.7 Å². The Bertz CT molecular complexity index is 87.7. The maximum Gasteiger partial charge on any atom is 1.00 e. The molecule has 0 unspecified atom stereocenters. The van der Waals surface area contributed by atoms with Gasteiger partial charge in [-0.25, -0.2) is 0 Å². The zero-order valence-electron chi connectivity index (χ0n) is 6.85. The van der Waals surface area contributed by atoms with E-state index in [1.165, 1.54) is 0 Å². The van der Waals surface area contributed by atoms with Gasteiger partial charge in [0.05, 0.1) is 6.61 Å². The summed E-state index contributed by atoms with van der Waals surface area (Å²) in [5.74, 6) is -0.0255. The quantitative estimate of drug-likeness (QED) is 0.292. The Balaban J connectivity index is 0. The molecule has 0 aromatic carbocycles. The topological polar surface area (TPSA) is 26.3 Å². The van der Waals surface area contributed by atoms with Crippen molar-refractivity contribution in [3.63, 3.8) is 0 Å². The minimum Gasteiger partial charge on any atom is -1.00 e. The van der Waals surface area contributed by atoms with Crippen LogP contribution >= 0.6 is 0 Å². The normalized spacial score (nSPS) is 19.3. The first kappa shape index (κ1) is 9.47. The van der Waals surface area contributed by atoms with Gasteiger partial charge in [0.2, 0.25) is 0 Å². The Kier molecular flexibility index (Phi) is 5.55. The summed E-state index contributed by atoms with van der Waals surface area (Å²) < 4.78 is 4.76. The average molecular weight is 138 g/mol. The molecule has 0 bridgehead atoms. The molecule has 0 aromatic heterocycles. The van der Waals surface area contributed by atoms with Crippen LogP contribution in [0.25, 0.3) is 0 Å². The van der Waals surface area contributed by atoms with E-state index in [9.17, 15) is 4.79 Å². The van der Waals surface area contributed by atoms with Crippen LogP contribution in [0.4, 0.5) is 0 Å². The summed E-state index contributed by atoms with van der Waals surface area (Å²) >= 11 is 0. The summed E-state index contributed by atoms with van der Waals surface area (Å²) in [5.41, 5.74) is 0. The van der Waals surface area contributed by atoms with Crippen molar-refractivity contribution in [1.29, 1.82) is 0 Å². The van der Waals surface area contributed by atoms with E-state index in [0.717, 1.165) is 19.3 Å². The summed E-state index contributed by atoms with van der Waals surface area (Å²) in [6.07, 6.45) is 3.83. The van der Waals surface area contributed by atoms with E-state index >= 15 is 0 Å². The van der Waals surface area contributed by atoms with Crippen LogP contribution in [-0.4, -0.2) is 12.6 Å². The van der Waals surface area contributed by atoms with E-state index in [1.54, 1.807) is 0 Å². The van der Waals surface area contributed by atoms with Crippen LogP contribution in [0.2, 0.25) is 0 Å². The summed E-state index contributed by atoms with van der Waals surface area (Å²) in [6.45, 7) is 0.638. The number of hydrogen-bond acceptors (Lipinski definition) is 2.